The summed E-state index contributed by atoms with van der Waals surface area (Å²) < 4.78 is 20.9. The number of aryl methyl sites for hydroxylation is 1. The van der Waals surface area contributed by atoms with Crippen molar-refractivity contribution in [3.05, 3.63) is 89.7 Å². The van der Waals surface area contributed by atoms with Gasteiger partial charge in [-0.3, -0.25) is 4.79 Å². The number of aromatic nitrogens is 3. The minimum Gasteiger partial charge on any atom is -0.460 e. The van der Waals surface area contributed by atoms with Crippen LogP contribution in [0.1, 0.15) is 29.8 Å². The van der Waals surface area contributed by atoms with Gasteiger partial charge in [-0.1, -0.05) is 36.4 Å². The topological polar surface area (TPSA) is 69.0 Å². The van der Waals surface area contributed by atoms with Crippen molar-refractivity contribution in [3.63, 3.8) is 0 Å². The van der Waals surface area contributed by atoms with Gasteiger partial charge in [0.05, 0.1) is 11.8 Å². The first-order valence-corrected chi connectivity index (χ1v) is 10.3. The van der Waals surface area contributed by atoms with Crippen molar-refractivity contribution >= 4 is 11.6 Å². The lowest BCUT2D eigenvalue weighted by molar-refractivity contribution is 0.102. The Balaban J connectivity index is 1.71. The van der Waals surface area contributed by atoms with Crippen LogP contribution in [-0.2, 0) is 0 Å². The fraction of sp³-hybridized carbons (Fsp3) is 0.160. The van der Waals surface area contributed by atoms with Crippen molar-refractivity contribution in [3.8, 4) is 23.1 Å². The number of nitrogens with one attached hydrogen (secondary N) is 1. The lowest BCUT2D eigenvalue weighted by Crippen LogP contribution is -2.12. The van der Waals surface area contributed by atoms with E-state index < -0.39 is 11.7 Å². The van der Waals surface area contributed by atoms with Crippen molar-refractivity contribution in [2.75, 3.05) is 5.32 Å². The molecular formula is C25H23FN4O2. The summed E-state index contributed by atoms with van der Waals surface area (Å²) in [4.78, 5) is 17.1. The standard InChI is InChI=1S/C25H23FN4O2/c1-16(2)32-25-28-23(22-13-5-4-8-17(22)3)30(29-25)21-12-7-11-20(15-21)27-24(31)18-9-6-10-19(26)14-18/h4-16H,1-3H3,(H,27,31). The second kappa shape index (κ2) is 9.01. The lowest BCUT2D eigenvalue weighted by Gasteiger charge is -2.10. The molecule has 0 aliphatic heterocycles. The van der Waals surface area contributed by atoms with Crippen LogP contribution >= 0.6 is 0 Å². The Morgan fingerprint density at radius 3 is 2.56 bits per heavy atom. The van der Waals surface area contributed by atoms with Crippen LogP contribution in [0, 0.1) is 12.7 Å². The van der Waals surface area contributed by atoms with E-state index in [9.17, 15) is 9.18 Å². The third-order valence-electron chi connectivity index (χ3n) is 4.75. The SMILES string of the molecule is Cc1ccccc1-c1nc(OC(C)C)nn1-c1cccc(NC(=O)c2cccc(F)c2)c1. The second-order valence-electron chi connectivity index (χ2n) is 7.63. The molecule has 0 unspecified atom stereocenters. The van der Waals surface area contributed by atoms with Gasteiger partial charge in [-0.05, 0) is 62.7 Å². The maximum atomic E-state index is 13.5. The van der Waals surface area contributed by atoms with Crippen LogP contribution in [0.2, 0.25) is 0 Å². The lowest BCUT2D eigenvalue weighted by atomic mass is 10.1. The van der Waals surface area contributed by atoms with E-state index in [1.807, 2.05) is 57.2 Å². The molecule has 0 aliphatic carbocycles. The van der Waals surface area contributed by atoms with Gasteiger partial charge in [-0.2, -0.15) is 4.98 Å². The zero-order valence-electron chi connectivity index (χ0n) is 18.0. The van der Waals surface area contributed by atoms with Gasteiger partial charge in [0.2, 0.25) is 0 Å². The summed E-state index contributed by atoms with van der Waals surface area (Å²) in [6.07, 6.45) is -0.0764. The molecule has 162 valence electrons. The molecule has 0 aliphatic rings. The van der Waals surface area contributed by atoms with E-state index >= 15 is 0 Å². The third kappa shape index (κ3) is 4.67. The summed E-state index contributed by atoms with van der Waals surface area (Å²) in [7, 11) is 0. The number of carbonyl (C=O) groups is 1. The van der Waals surface area contributed by atoms with Crippen molar-refractivity contribution < 1.29 is 13.9 Å². The van der Waals surface area contributed by atoms with Crippen LogP contribution in [0.5, 0.6) is 6.01 Å². The number of nitrogens with zero attached hydrogens (tertiary/aromatic N) is 3. The number of anilines is 1. The van der Waals surface area contributed by atoms with Crippen LogP contribution in [-0.4, -0.2) is 26.8 Å². The first kappa shape index (κ1) is 21.2. The van der Waals surface area contributed by atoms with E-state index in [1.165, 1.54) is 18.2 Å². The minimum absolute atomic E-state index is 0.0764. The first-order chi connectivity index (χ1) is 15.4. The highest BCUT2D eigenvalue weighted by Crippen LogP contribution is 2.27. The van der Waals surface area contributed by atoms with Gasteiger partial charge < -0.3 is 10.1 Å². The van der Waals surface area contributed by atoms with E-state index in [-0.39, 0.29) is 17.7 Å². The monoisotopic (exact) mass is 430 g/mol. The predicted octanol–water partition coefficient (Wildman–Crippen LogP) is 5.42. The average molecular weight is 430 g/mol. The van der Waals surface area contributed by atoms with Crippen LogP contribution < -0.4 is 10.1 Å². The first-order valence-electron chi connectivity index (χ1n) is 10.3. The Morgan fingerprint density at radius 1 is 1.03 bits per heavy atom. The average Bonchev–Trinajstić information content (AvgIpc) is 3.17. The van der Waals surface area contributed by atoms with Crippen molar-refractivity contribution in [2.45, 2.75) is 26.9 Å². The second-order valence-corrected chi connectivity index (χ2v) is 7.63. The number of rotatable bonds is 6. The highest BCUT2D eigenvalue weighted by molar-refractivity contribution is 6.04. The molecule has 0 spiro atoms. The highest BCUT2D eigenvalue weighted by atomic mass is 19.1. The maximum absolute atomic E-state index is 13.5. The summed E-state index contributed by atoms with van der Waals surface area (Å²) >= 11 is 0. The van der Waals surface area contributed by atoms with Crippen LogP contribution in [0.4, 0.5) is 10.1 Å². The summed E-state index contributed by atoms with van der Waals surface area (Å²) in [5, 5.41) is 7.36. The van der Waals surface area contributed by atoms with E-state index in [0.29, 0.717) is 17.2 Å². The summed E-state index contributed by atoms with van der Waals surface area (Å²) in [6.45, 7) is 5.83. The largest absolute Gasteiger partial charge is 0.460 e. The number of halogens is 1. The molecule has 1 aromatic heterocycles. The normalized spacial score (nSPS) is 10.9. The van der Waals surface area contributed by atoms with Gasteiger partial charge >= 0.3 is 6.01 Å². The molecule has 1 heterocycles. The molecule has 7 heteroatoms. The molecule has 6 nitrogen and oxygen atoms in total. The van der Waals surface area contributed by atoms with Crippen LogP contribution in [0.15, 0.2) is 72.8 Å². The molecule has 0 fully saturated rings. The number of hydrogen-bond acceptors (Lipinski definition) is 4. The Bertz CT molecular complexity index is 1270. The van der Waals surface area contributed by atoms with Crippen LogP contribution in [0.3, 0.4) is 0 Å². The summed E-state index contributed by atoms with van der Waals surface area (Å²) in [5.74, 6) is -0.231. The Kier molecular flexibility index (Phi) is 5.98. The van der Waals surface area contributed by atoms with Crippen molar-refractivity contribution in [1.82, 2.24) is 14.8 Å². The molecule has 0 atom stereocenters. The van der Waals surface area contributed by atoms with Gasteiger partial charge in [-0.25, -0.2) is 9.07 Å². The van der Waals surface area contributed by atoms with Crippen molar-refractivity contribution in [2.24, 2.45) is 0 Å². The Morgan fingerprint density at radius 2 is 1.81 bits per heavy atom. The van der Waals surface area contributed by atoms with Gasteiger partial charge in [-0.15, -0.1) is 5.10 Å². The predicted molar refractivity (Wildman–Crippen MR) is 122 cm³/mol. The smallest absolute Gasteiger partial charge is 0.336 e. The summed E-state index contributed by atoms with van der Waals surface area (Å²) in [6, 6.07) is 20.9. The number of ether oxygens (including phenoxy) is 1. The number of benzene rings is 3. The molecule has 3 aromatic carbocycles. The quantitative estimate of drug-likeness (QED) is 0.443. The maximum Gasteiger partial charge on any atom is 0.336 e. The molecule has 1 amide bonds. The van der Waals surface area contributed by atoms with Gasteiger partial charge in [0, 0.05) is 16.8 Å². The number of hydrogen-bond donors (Lipinski definition) is 1. The zero-order valence-corrected chi connectivity index (χ0v) is 18.0. The van der Waals surface area contributed by atoms with Gasteiger partial charge in [0.1, 0.15) is 5.82 Å². The molecule has 4 rings (SSSR count). The molecule has 32 heavy (non-hydrogen) atoms. The Hall–Kier alpha value is -4.00. The van der Waals surface area contributed by atoms with E-state index in [2.05, 4.69) is 15.4 Å². The molecule has 0 bridgehead atoms. The number of carbonyl (C=O) groups excluding carboxylic acids is 1. The van der Waals surface area contributed by atoms with Crippen molar-refractivity contribution in [1.29, 1.82) is 0 Å². The molecule has 0 saturated heterocycles. The summed E-state index contributed by atoms with van der Waals surface area (Å²) in [5.41, 5.74) is 3.46. The zero-order chi connectivity index (χ0) is 22.7. The van der Waals surface area contributed by atoms with Crippen LogP contribution in [0.25, 0.3) is 17.1 Å². The minimum atomic E-state index is -0.463. The Labute approximate surface area is 185 Å². The van der Waals surface area contributed by atoms with Gasteiger partial charge in [0.25, 0.3) is 5.91 Å². The molecule has 0 radical (unpaired) electrons. The van der Waals surface area contributed by atoms with E-state index in [1.54, 1.807) is 22.9 Å². The van der Waals surface area contributed by atoms with E-state index in [0.717, 1.165) is 11.1 Å². The molecule has 4 aromatic rings. The molecule has 0 saturated carbocycles. The molecular weight excluding hydrogens is 407 g/mol. The highest BCUT2D eigenvalue weighted by Gasteiger charge is 2.17. The third-order valence-corrected chi connectivity index (χ3v) is 4.75. The number of amides is 1. The molecule has 1 N–H and O–H groups in total. The van der Waals surface area contributed by atoms with E-state index in [4.69, 9.17) is 4.74 Å². The fourth-order valence-electron chi connectivity index (χ4n) is 3.28. The van der Waals surface area contributed by atoms with Gasteiger partial charge in [0.15, 0.2) is 5.82 Å². The fourth-order valence-corrected chi connectivity index (χ4v) is 3.28.